The summed E-state index contributed by atoms with van der Waals surface area (Å²) >= 11 is 0. The minimum Gasteiger partial charge on any atom is -0.383 e. The van der Waals surface area contributed by atoms with Crippen molar-refractivity contribution < 1.29 is 9.53 Å². The van der Waals surface area contributed by atoms with Crippen molar-refractivity contribution >= 4 is 5.91 Å². The molecular formula is C12H24N2O2. The normalized spacial score (nSPS) is 21.9. The summed E-state index contributed by atoms with van der Waals surface area (Å²) in [4.78, 5) is 13.8. The lowest BCUT2D eigenvalue weighted by atomic mass is 9.78. The van der Waals surface area contributed by atoms with Crippen LogP contribution in [0.3, 0.4) is 0 Å². The minimum atomic E-state index is -0.504. The maximum absolute atomic E-state index is 11.9. The van der Waals surface area contributed by atoms with E-state index in [-0.39, 0.29) is 5.91 Å². The third kappa shape index (κ3) is 3.19. The van der Waals surface area contributed by atoms with Crippen molar-refractivity contribution in [1.29, 1.82) is 0 Å². The average Bonchev–Trinajstić information content (AvgIpc) is 2.29. The highest BCUT2D eigenvalue weighted by Gasteiger charge is 2.31. The van der Waals surface area contributed by atoms with Crippen molar-refractivity contribution in [2.75, 3.05) is 26.8 Å². The van der Waals surface area contributed by atoms with Gasteiger partial charge in [-0.15, -0.1) is 0 Å². The van der Waals surface area contributed by atoms with E-state index < -0.39 is 6.04 Å². The molecule has 1 fully saturated rings. The van der Waals surface area contributed by atoms with Crippen molar-refractivity contribution in [3.8, 4) is 0 Å². The van der Waals surface area contributed by atoms with E-state index >= 15 is 0 Å². The Hall–Kier alpha value is -0.610. The first-order chi connectivity index (χ1) is 7.52. The number of rotatable bonds is 4. The van der Waals surface area contributed by atoms with Gasteiger partial charge in [0.1, 0.15) is 6.04 Å². The molecule has 0 aromatic carbocycles. The summed E-state index contributed by atoms with van der Waals surface area (Å²) in [5, 5.41) is 0. The van der Waals surface area contributed by atoms with Crippen LogP contribution in [0.1, 0.15) is 33.1 Å². The van der Waals surface area contributed by atoms with E-state index in [1.54, 1.807) is 7.11 Å². The number of hydrogen-bond donors (Lipinski definition) is 1. The summed E-state index contributed by atoms with van der Waals surface area (Å²) in [7, 11) is 1.57. The Labute approximate surface area is 98.1 Å². The Morgan fingerprint density at radius 2 is 2.06 bits per heavy atom. The largest absolute Gasteiger partial charge is 0.383 e. The highest BCUT2D eigenvalue weighted by molar-refractivity contribution is 5.81. The number of methoxy groups -OCH3 is 1. The van der Waals surface area contributed by atoms with E-state index in [0.29, 0.717) is 12.0 Å². The van der Waals surface area contributed by atoms with Gasteiger partial charge in [0.2, 0.25) is 5.91 Å². The smallest absolute Gasteiger partial charge is 0.241 e. The van der Waals surface area contributed by atoms with Gasteiger partial charge in [0.05, 0.1) is 6.61 Å². The zero-order valence-electron chi connectivity index (χ0n) is 10.7. The zero-order chi connectivity index (χ0) is 12.2. The molecule has 0 bridgehead atoms. The molecule has 0 saturated carbocycles. The van der Waals surface area contributed by atoms with Gasteiger partial charge in [-0.2, -0.15) is 0 Å². The van der Waals surface area contributed by atoms with E-state index in [1.807, 2.05) is 4.90 Å². The highest BCUT2D eigenvalue weighted by atomic mass is 16.5. The predicted molar refractivity (Wildman–Crippen MR) is 64.1 cm³/mol. The molecule has 16 heavy (non-hydrogen) atoms. The van der Waals surface area contributed by atoms with Gasteiger partial charge in [-0.05, 0) is 18.3 Å². The Balaban J connectivity index is 2.44. The monoisotopic (exact) mass is 228 g/mol. The van der Waals surface area contributed by atoms with E-state index in [4.69, 9.17) is 10.5 Å². The molecule has 94 valence electrons. The fraction of sp³-hybridized carbons (Fsp3) is 0.917. The van der Waals surface area contributed by atoms with Gasteiger partial charge < -0.3 is 15.4 Å². The number of carbonyl (C=O) groups is 1. The SMILES string of the molecule is CCC1(C)CCN(C(=O)C(N)COC)CC1. The second-order valence-electron chi connectivity index (χ2n) is 5.05. The Morgan fingerprint density at radius 3 is 2.50 bits per heavy atom. The highest BCUT2D eigenvalue weighted by Crippen LogP contribution is 2.33. The lowest BCUT2D eigenvalue weighted by Gasteiger charge is -2.39. The summed E-state index contributed by atoms with van der Waals surface area (Å²) in [6.45, 7) is 6.49. The maximum atomic E-state index is 11.9. The molecule has 0 aliphatic carbocycles. The molecule has 4 nitrogen and oxygen atoms in total. The molecule has 1 unspecified atom stereocenters. The minimum absolute atomic E-state index is 0.0278. The fourth-order valence-electron chi connectivity index (χ4n) is 2.11. The summed E-state index contributed by atoms with van der Waals surface area (Å²) in [6, 6.07) is -0.504. The molecule has 4 heteroatoms. The van der Waals surface area contributed by atoms with Crippen LogP contribution in [0, 0.1) is 5.41 Å². The second-order valence-corrected chi connectivity index (χ2v) is 5.05. The molecular weight excluding hydrogens is 204 g/mol. The van der Waals surface area contributed by atoms with Crippen LogP contribution in [0.2, 0.25) is 0 Å². The lowest BCUT2D eigenvalue weighted by Crippen LogP contribution is -2.50. The van der Waals surface area contributed by atoms with Gasteiger partial charge in [0.15, 0.2) is 0 Å². The summed E-state index contributed by atoms with van der Waals surface area (Å²) < 4.78 is 4.91. The molecule has 2 N–H and O–H groups in total. The van der Waals surface area contributed by atoms with Crippen LogP contribution >= 0.6 is 0 Å². The number of nitrogens with zero attached hydrogens (tertiary/aromatic N) is 1. The predicted octanol–water partition coefficient (Wildman–Crippen LogP) is 0.999. The van der Waals surface area contributed by atoms with Crippen LogP contribution in [0.5, 0.6) is 0 Å². The van der Waals surface area contributed by atoms with Crippen molar-refractivity contribution in [3.05, 3.63) is 0 Å². The second kappa shape index (κ2) is 5.64. The molecule has 0 aromatic rings. The number of nitrogens with two attached hydrogens (primary N) is 1. The van der Waals surface area contributed by atoms with Crippen molar-refractivity contribution in [2.24, 2.45) is 11.1 Å². The van der Waals surface area contributed by atoms with Crippen molar-refractivity contribution in [3.63, 3.8) is 0 Å². The van der Waals surface area contributed by atoms with E-state index in [1.165, 1.54) is 6.42 Å². The topological polar surface area (TPSA) is 55.6 Å². The fourth-order valence-corrected chi connectivity index (χ4v) is 2.11. The van der Waals surface area contributed by atoms with E-state index in [9.17, 15) is 4.79 Å². The molecule has 0 aromatic heterocycles. The van der Waals surface area contributed by atoms with Crippen LogP contribution in [0.15, 0.2) is 0 Å². The lowest BCUT2D eigenvalue weighted by molar-refractivity contribution is -0.136. The van der Waals surface area contributed by atoms with Crippen molar-refractivity contribution in [1.82, 2.24) is 4.90 Å². The molecule has 1 aliphatic heterocycles. The molecule has 0 spiro atoms. The van der Waals surface area contributed by atoms with Gasteiger partial charge >= 0.3 is 0 Å². The first-order valence-corrected chi connectivity index (χ1v) is 6.06. The molecule has 1 aliphatic rings. The summed E-state index contributed by atoms with van der Waals surface area (Å²) in [5.41, 5.74) is 6.15. The van der Waals surface area contributed by atoms with Crippen LogP contribution in [-0.4, -0.2) is 43.7 Å². The standard InChI is InChI=1S/C12H24N2O2/c1-4-12(2)5-7-14(8-6-12)11(15)10(13)9-16-3/h10H,4-9,13H2,1-3H3. The van der Waals surface area contributed by atoms with Gasteiger partial charge in [0, 0.05) is 20.2 Å². The van der Waals surface area contributed by atoms with Gasteiger partial charge in [-0.3, -0.25) is 4.79 Å². The zero-order valence-corrected chi connectivity index (χ0v) is 10.7. The summed E-state index contributed by atoms with van der Waals surface area (Å²) in [6.07, 6.45) is 3.34. The molecule has 1 amide bonds. The van der Waals surface area contributed by atoms with Crippen LogP contribution in [0.4, 0.5) is 0 Å². The Morgan fingerprint density at radius 1 is 1.50 bits per heavy atom. The van der Waals surface area contributed by atoms with Gasteiger partial charge in [-0.25, -0.2) is 0 Å². The first kappa shape index (κ1) is 13.5. The Kier molecular flexibility index (Phi) is 4.74. The molecule has 1 saturated heterocycles. The Bertz CT molecular complexity index is 235. The van der Waals surface area contributed by atoms with Crippen LogP contribution < -0.4 is 5.73 Å². The molecule has 1 rings (SSSR count). The third-order valence-electron chi connectivity index (χ3n) is 3.80. The van der Waals surface area contributed by atoms with Crippen LogP contribution in [-0.2, 0) is 9.53 Å². The number of ether oxygens (including phenoxy) is 1. The van der Waals surface area contributed by atoms with Crippen LogP contribution in [0.25, 0.3) is 0 Å². The van der Waals surface area contributed by atoms with E-state index in [2.05, 4.69) is 13.8 Å². The maximum Gasteiger partial charge on any atom is 0.241 e. The third-order valence-corrected chi connectivity index (χ3v) is 3.80. The van der Waals surface area contributed by atoms with Gasteiger partial charge in [0.25, 0.3) is 0 Å². The number of amides is 1. The van der Waals surface area contributed by atoms with Gasteiger partial charge in [-0.1, -0.05) is 20.3 Å². The number of carbonyl (C=O) groups excluding carboxylic acids is 1. The first-order valence-electron chi connectivity index (χ1n) is 6.06. The van der Waals surface area contributed by atoms with Crippen molar-refractivity contribution in [2.45, 2.75) is 39.2 Å². The molecule has 0 radical (unpaired) electrons. The molecule has 1 atom stereocenters. The number of likely N-dealkylation sites (tertiary alicyclic amines) is 1. The number of hydrogen-bond acceptors (Lipinski definition) is 3. The van der Waals surface area contributed by atoms with E-state index in [0.717, 1.165) is 25.9 Å². The quantitative estimate of drug-likeness (QED) is 0.781. The number of piperidine rings is 1. The summed E-state index contributed by atoms with van der Waals surface area (Å²) in [5.74, 6) is 0.0278. The molecule has 1 heterocycles. The average molecular weight is 228 g/mol.